The second kappa shape index (κ2) is 8.37. The van der Waals surface area contributed by atoms with Crippen molar-refractivity contribution < 1.29 is 14.3 Å². The first-order valence-electron chi connectivity index (χ1n) is 6.11. The van der Waals surface area contributed by atoms with Crippen molar-refractivity contribution in [2.75, 3.05) is 31.7 Å². The van der Waals surface area contributed by atoms with Gasteiger partial charge in [0.15, 0.2) is 0 Å². The van der Waals surface area contributed by atoms with Crippen molar-refractivity contribution in [1.29, 1.82) is 0 Å². The van der Waals surface area contributed by atoms with Gasteiger partial charge in [0.05, 0.1) is 12.9 Å². The Morgan fingerprint density at radius 1 is 1.33 bits per heavy atom. The van der Waals surface area contributed by atoms with Gasteiger partial charge in [0.2, 0.25) is 5.91 Å². The molecular weight excluding hydrogens is 252 g/mol. The van der Waals surface area contributed by atoms with Crippen LogP contribution in [0.5, 0.6) is 0 Å². The summed E-state index contributed by atoms with van der Waals surface area (Å²) in [5.74, 6) is 0.800. The van der Waals surface area contributed by atoms with E-state index in [1.54, 1.807) is 11.8 Å². The third-order valence-corrected chi connectivity index (χ3v) is 3.70. The van der Waals surface area contributed by atoms with E-state index in [1.807, 2.05) is 13.8 Å². The van der Waals surface area contributed by atoms with Gasteiger partial charge in [-0.05, 0) is 32.9 Å². The molecule has 1 unspecified atom stereocenters. The molecule has 1 atom stereocenters. The Labute approximate surface area is 113 Å². The maximum absolute atomic E-state index is 11.7. The summed E-state index contributed by atoms with van der Waals surface area (Å²) in [5, 5.41) is 0. The van der Waals surface area contributed by atoms with E-state index in [0.29, 0.717) is 17.9 Å². The van der Waals surface area contributed by atoms with Crippen LogP contribution < -0.4 is 5.73 Å². The molecule has 0 radical (unpaired) electrons. The average Bonchev–Trinajstić information content (AvgIpc) is 2.35. The van der Waals surface area contributed by atoms with E-state index < -0.39 is 11.5 Å². The van der Waals surface area contributed by atoms with Crippen molar-refractivity contribution in [2.45, 2.75) is 32.7 Å². The molecule has 0 rings (SSSR count). The highest BCUT2D eigenvalue weighted by Gasteiger charge is 2.28. The molecule has 0 aliphatic rings. The molecule has 0 fully saturated rings. The van der Waals surface area contributed by atoms with Crippen molar-refractivity contribution in [1.82, 2.24) is 4.90 Å². The average molecular weight is 276 g/mol. The number of nitrogens with zero attached hydrogens (tertiary/aromatic N) is 1. The Balaban J connectivity index is 3.93. The zero-order chi connectivity index (χ0) is 14.2. The fraction of sp³-hybridized carbons (Fsp3) is 0.833. The molecular formula is C12H24N2O3S. The van der Waals surface area contributed by atoms with E-state index in [1.165, 1.54) is 18.9 Å². The van der Waals surface area contributed by atoms with Gasteiger partial charge in [-0.25, -0.2) is 0 Å². The van der Waals surface area contributed by atoms with Crippen LogP contribution in [0.1, 0.15) is 27.2 Å². The number of nitrogens with two attached hydrogens (primary N) is 1. The molecule has 0 aliphatic carbocycles. The van der Waals surface area contributed by atoms with Crippen molar-refractivity contribution in [3.63, 3.8) is 0 Å². The Morgan fingerprint density at radius 3 is 2.33 bits per heavy atom. The normalized spacial score (nSPS) is 13.8. The van der Waals surface area contributed by atoms with Crippen LogP contribution >= 0.6 is 11.8 Å². The summed E-state index contributed by atoms with van der Waals surface area (Å²) in [4.78, 5) is 24.8. The number of carbonyl (C=O) groups is 2. The van der Waals surface area contributed by atoms with Crippen LogP contribution in [-0.4, -0.2) is 54.0 Å². The van der Waals surface area contributed by atoms with Crippen LogP contribution in [0.4, 0.5) is 0 Å². The van der Waals surface area contributed by atoms with E-state index in [9.17, 15) is 9.59 Å². The summed E-state index contributed by atoms with van der Waals surface area (Å²) < 4.78 is 4.62. The minimum Gasteiger partial charge on any atom is -0.468 e. The molecule has 0 saturated carbocycles. The predicted octanol–water partition coefficient (Wildman–Crippen LogP) is 0.869. The van der Waals surface area contributed by atoms with E-state index >= 15 is 0 Å². The van der Waals surface area contributed by atoms with E-state index in [0.717, 1.165) is 13.1 Å². The standard InChI is InChI=1S/C12H24N2O3S/c1-5-14(6-2)10(15)9-18-8-7-12(3,13)11(16)17-4/h5-9,13H2,1-4H3. The lowest BCUT2D eigenvalue weighted by Crippen LogP contribution is -2.46. The minimum absolute atomic E-state index is 0.127. The number of carbonyl (C=O) groups excluding carboxylic acids is 2. The summed E-state index contributed by atoms with van der Waals surface area (Å²) in [6.07, 6.45) is 0.496. The van der Waals surface area contributed by atoms with Gasteiger partial charge in [0.1, 0.15) is 5.54 Å². The summed E-state index contributed by atoms with van der Waals surface area (Å²) in [7, 11) is 1.32. The number of ether oxygens (including phenoxy) is 1. The highest BCUT2D eigenvalue weighted by molar-refractivity contribution is 7.99. The molecule has 6 heteroatoms. The first kappa shape index (κ1) is 17.2. The van der Waals surface area contributed by atoms with Crippen LogP contribution in [0.3, 0.4) is 0 Å². The predicted molar refractivity (Wildman–Crippen MR) is 74.5 cm³/mol. The maximum atomic E-state index is 11.7. The van der Waals surface area contributed by atoms with Gasteiger partial charge >= 0.3 is 5.97 Å². The highest BCUT2D eigenvalue weighted by atomic mass is 32.2. The third kappa shape index (κ3) is 5.73. The van der Waals surface area contributed by atoms with Gasteiger partial charge in [-0.3, -0.25) is 9.59 Å². The summed E-state index contributed by atoms with van der Waals surface area (Å²) in [5.41, 5.74) is 4.84. The fourth-order valence-corrected chi connectivity index (χ4v) is 2.52. The highest BCUT2D eigenvalue weighted by Crippen LogP contribution is 2.13. The van der Waals surface area contributed by atoms with Crippen molar-refractivity contribution in [3.8, 4) is 0 Å². The lowest BCUT2D eigenvalue weighted by atomic mass is 10.0. The Kier molecular flexibility index (Phi) is 8.02. The topological polar surface area (TPSA) is 72.6 Å². The quantitative estimate of drug-likeness (QED) is 0.526. The van der Waals surface area contributed by atoms with Gasteiger partial charge in [0.25, 0.3) is 0 Å². The maximum Gasteiger partial charge on any atom is 0.325 e. The molecule has 0 bridgehead atoms. The molecule has 1 amide bonds. The fourth-order valence-electron chi connectivity index (χ4n) is 1.45. The van der Waals surface area contributed by atoms with Crippen LogP contribution in [0, 0.1) is 0 Å². The summed E-state index contributed by atoms with van der Waals surface area (Å²) in [6, 6.07) is 0. The van der Waals surface area contributed by atoms with Crippen molar-refractivity contribution >= 4 is 23.6 Å². The number of rotatable bonds is 8. The summed E-state index contributed by atoms with van der Waals surface area (Å²) in [6.45, 7) is 7.02. The molecule has 0 heterocycles. The second-order valence-corrected chi connectivity index (χ2v) is 5.38. The number of hydrogen-bond acceptors (Lipinski definition) is 5. The van der Waals surface area contributed by atoms with Gasteiger partial charge in [0, 0.05) is 13.1 Å². The second-order valence-electron chi connectivity index (χ2n) is 4.28. The third-order valence-electron chi connectivity index (χ3n) is 2.76. The number of esters is 1. The molecule has 0 aromatic rings. The van der Waals surface area contributed by atoms with Gasteiger partial charge in [-0.15, -0.1) is 0 Å². The smallest absolute Gasteiger partial charge is 0.325 e. The molecule has 106 valence electrons. The Bertz CT molecular complexity index is 278. The molecule has 0 saturated heterocycles. The molecule has 0 spiro atoms. The van der Waals surface area contributed by atoms with E-state index in [2.05, 4.69) is 4.74 Å². The molecule has 0 aromatic heterocycles. The molecule has 5 nitrogen and oxygen atoms in total. The minimum atomic E-state index is -0.972. The van der Waals surface area contributed by atoms with Crippen LogP contribution in [0.2, 0.25) is 0 Å². The lowest BCUT2D eigenvalue weighted by molar-refractivity contribution is -0.146. The first-order chi connectivity index (χ1) is 8.38. The van der Waals surface area contributed by atoms with Crippen LogP contribution in [0.15, 0.2) is 0 Å². The van der Waals surface area contributed by atoms with Gasteiger partial charge in [-0.2, -0.15) is 11.8 Å². The Hall–Kier alpha value is -0.750. The van der Waals surface area contributed by atoms with Crippen LogP contribution in [0.25, 0.3) is 0 Å². The van der Waals surface area contributed by atoms with E-state index in [-0.39, 0.29) is 5.91 Å². The number of methoxy groups -OCH3 is 1. The number of amides is 1. The molecule has 2 N–H and O–H groups in total. The van der Waals surface area contributed by atoms with Crippen molar-refractivity contribution in [3.05, 3.63) is 0 Å². The van der Waals surface area contributed by atoms with Gasteiger partial charge < -0.3 is 15.4 Å². The largest absolute Gasteiger partial charge is 0.468 e. The van der Waals surface area contributed by atoms with Crippen LogP contribution in [-0.2, 0) is 14.3 Å². The molecule has 18 heavy (non-hydrogen) atoms. The lowest BCUT2D eigenvalue weighted by Gasteiger charge is -2.21. The number of thioether (sulfide) groups is 1. The van der Waals surface area contributed by atoms with Gasteiger partial charge in [-0.1, -0.05) is 0 Å². The van der Waals surface area contributed by atoms with Crippen molar-refractivity contribution in [2.24, 2.45) is 5.73 Å². The monoisotopic (exact) mass is 276 g/mol. The zero-order valence-corrected chi connectivity index (χ0v) is 12.5. The van der Waals surface area contributed by atoms with E-state index in [4.69, 9.17) is 5.73 Å². The summed E-state index contributed by atoms with van der Waals surface area (Å²) >= 11 is 1.50. The molecule has 0 aliphatic heterocycles. The number of hydrogen-bond donors (Lipinski definition) is 1. The zero-order valence-electron chi connectivity index (χ0n) is 11.7. The SMILES string of the molecule is CCN(CC)C(=O)CSCCC(C)(N)C(=O)OC. The molecule has 0 aromatic carbocycles. The Morgan fingerprint density at radius 2 is 1.89 bits per heavy atom. The first-order valence-corrected chi connectivity index (χ1v) is 7.27.